The number of nitrogens with zero attached hydrogens (tertiary/aromatic N) is 1. The Kier molecular flexibility index (Phi) is 7.50. The van der Waals surface area contributed by atoms with E-state index in [-0.39, 0.29) is 22.6 Å². The van der Waals surface area contributed by atoms with Crippen molar-refractivity contribution in [2.24, 2.45) is 0 Å². The summed E-state index contributed by atoms with van der Waals surface area (Å²) in [5.41, 5.74) is 1.54. The molecule has 7 heteroatoms. The number of phenols is 1. The summed E-state index contributed by atoms with van der Waals surface area (Å²) in [6, 6.07) is 13.2. The SMILES string of the molecule is CN(C1CCCCC1)S(=O)(=O)c1ccc(C(=O)NCCCc2ccc(O)cc2)cc1. The normalized spacial score (nSPS) is 15.3. The first kappa shape index (κ1) is 22.3. The number of hydrogen-bond donors (Lipinski definition) is 2. The van der Waals surface area contributed by atoms with Crippen molar-refractivity contribution in [3.8, 4) is 5.75 Å². The Hall–Kier alpha value is -2.38. The van der Waals surface area contributed by atoms with Crippen molar-refractivity contribution in [3.63, 3.8) is 0 Å². The molecule has 2 aromatic rings. The first-order chi connectivity index (χ1) is 14.4. The number of nitrogens with one attached hydrogen (secondary N) is 1. The number of carbonyl (C=O) groups excluding carboxylic acids is 1. The van der Waals surface area contributed by atoms with Gasteiger partial charge in [-0.1, -0.05) is 31.4 Å². The van der Waals surface area contributed by atoms with E-state index in [1.54, 1.807) is 31.3 Å². The van der Waals surface area contributed by atoms with Gasteiger partial charge < -0.3 is 10.4 Å². The van der Waals surface area contributed by atoms with Crippen LogP contribution in [0, 0.1) is 0 Å². The van der Waals surface area contributed by atoms with Crippen LogP contribution < -0.4 is 5.32 Å². The summed E-state index contributed by atoms with van der Waals surface area (Å²) in [5.74, 6) is 0.0211. The molecular formula is C23H30N2O4S. The molecule has 3 rings (SSSR count). The van der Waals surface area contributed by atoms with Gasteiger partial charge in [0.05, 0.1) is 4.90 Å². The summed E-state index contributed by atoms with van der Waals surface area (Å²) in [7, 11) is -1.90. The van der Waals surface area contributed by atoms with Crippen molar-refractivity contribution in [2.75, 3.05) is 13.6 Å². The molecule has 0 bridgehead atoms. The summed E-state index contributed by atoms with van der Waals surface area (Å²) >= 11 is 0. The molecule has 162 valence electrons. The van der Waals surface area contributed by atoms with E-state index < -0.39 is 10.0 Å². The van der Waals surface area contributed by atoms with Gasteiger partial charge in [0.25, 0.3) is 5.91 Å². The van der Waals surface area contributed by atoms with Gasteiger partial charge in [0.1, 0.15) is 5.75 Å². The van der Waals surface area contributed by atoms with Crippen molar-refractivity contribution in [2.45, 2.75) is 55.9 Å². The van der Waals surface area contributed by atoms with Crippen LogP contribution in [-0.2, 0) is 16.4 Å². The van der Waals surface area contributed by atoms with Gasteiger partial charge in [-0.25, -0.2) is 8.42 Å². The topological polar surface area (TPSA) is 86.7 Å². The highest BCUT2D eigenvalue weighted by Crippen LogP contribution is 2.26. The lowest BCUT2D eigenvalue weighted by Gasteiger charge is -2.30. The lowest BCUT2D eigenvalue weighted by Crippen LogP contribution is -2.38. The highest BCUT2D eigenvalue weighted by Gasteiger charge is 2.29. The number of hydrogen-bond acceptors (Lipinski definition) is 4. The number of phenolic OH excluding ortho intramolecular Hbond substituents is 1. The molecule has 0 spiro atoms. The number of aryl methyl sites for hydroxylation is 1. The first-order valence-corrected chi connectivity index (χ1v) is 12.0. The largest absolute Gasteiger partial charge is 0.508 e. The molecule has 0 aromatic heterocycles. The smallest absolute Gasteiger partial charge is 0.251 e. The average Bonchev–Trinajstić information content (AvgIpc) is 2.78. The quantitative estimate of drug-likeness (QED) is 0.625. The molecule has 1 aliphatic carbocycles. The molecular weight excluding hydrogens is 400 g/mol. The third-order valence-electron chi connectivity index (χ3n) is 5.75. The number of sulfonamides is 1. The minimum atomic E-state index is -3.55. The molecule has 0 radical (unpaired) electrons. The van der Waals surface area contributed by atoms with Crippen LogP contribution in [0.2, 0.25) is 0 Å². The molecule has 6 nitrogen and oxygen atoms in total. The van der Waals surface area contributed by atoms with E-state index in [9.17, 15) is 18.3 Å². The zero-order valence-corrected chi connectivity index (χ0v) is 18.2. The van der Waals surface area contributed by atoms with Crippen LogP contribution in [0.15, 0.2) is 53.4 Å². The van der Waals surface area contributed by atoms with Crippen LogP contribution in [-0.4, -0.2) is 43.4 Å². The second-order valence-corrected chi connectivity index (χ2v) is 9.86. The molecule has 0 unspecified atom stereocenters. The van der Waals surface area contributed by atoms with E-state index in [0.29, 0.717) is 12.1 Å². The first-order valence-electron chi connectivity index (χ1n) is 10.5. The molecule has 0 saturated heterocycles. The zero-order valence-electron chi connectivity index (χ0n) is 17.4. The Balaban J connectivity index is 1.52. The van der Waals surface area contributed by atoms with Crippen LogP contribution in [0.1, 0.15) is 54.4 Å². The Morgan fingerprint density at radius 2 is 1.67 bits per heavy atom. The highest BCUT2D eigenvalue weighted by atomic mass is 32.2. The number of rotatable bonds is 8. The van der Waals surface area contributed by atoms with Crippen LogP contribution in [0.4, 0.5) is 0 Å². The monoisotopic (exact) mass is 430 g/mol. The molecule has 1 aliphatic rings. The van der Waals surface area contributed by atoms with Crippen LogP contribution in [0.25, 0.3) is 0 Å². The Bertz CT molecular complexity index is 934. The molecule has 2 aromatic carbocycles. The van der Waals surface area contributed by atoms with Crippen molar-refractivity contribution in [1.29, 1.82) is 0 Å². The molecule has 0 heterocycles. The predicted octanol–water partition coefficient (Wildman–Crippen LogP) is 3.71. The maximum absolute atomic E-state index is 12.9. The van der Waals surface area contributed by atoms with Crippen molar-refractivity contribution < 1.29 is 18.3 Å². The van der Waals surface area contributed by atoms with Gasteiger partial charge in [0.15, 0.2) is 0 Å². The molecule has 2 N–H and O–H groups in total. The third kappa shape index (κ3) is 5.61. The molecule has 1 amide bonds. The van der Waals surface area contributed by atoms with Crippen LogP contribution in [0.5, 0.6) is 5.75 Å². The summed E-state index contributed by atoms with van der Waals surface area (Å²) < 4.78 is 27.3. The van der Waals surface area contributed by atoms with Gasteiger partial charge in [0, 0.05) is 25.2 Å². The average molecular weight is 431 g/mol. The second-order valence-electron chi connectivity index (χ2n) is 7.86. The van der Waals surface area contributed by atoms with E-state index in [1.165, 1.54) is 22.9 Å². The lowest BCUT2D eigenvalue weighted by atomic mass is 9.96. The predicted molar refractivity (Wildman–Crippen MR) is 117 cm³/mol. The van der Waals surface area contributed by atoms with E-state index in [0.717, 1.165) is 44.1 Å². The molecule has 30 heavy (non-hydrogen) atoms. The van der Waals surface area contributed by atoms with E-state index in [4.69, 9.17) is 0 Å². The fraction of sp³-hybridized carbons (Fsp3) is 0.435. The minimum absolute atomic E-state index is 0.0558. The Labute approximate surface area is 179 Å². The standard InChI is InChI=1S/C23H30N2O4S/c1-25(20-7-3-2-4-8-20)30(28,29)22-15-11-19(12-16-22)23(27)24-17-5-6-18-9-13-21(26)14-10-18/h9-16,20,26H,2-8,17H2,1H3,(H,24,27). The van der Waals surface area contributed by atoms with Gasteiger partial charge >= 0.3 is 0 Å². The number of amides is 1. The fourth-order valence-electron chi connectivity index (χ4n) is 3.84. The fourth-order valence-corrected chi connectivity index (χ4v) is 5.26. The van der Waals surface area contributed by atoms with E-state index in [2.05, 4.69) is 5.32 Å². The van der Waals surface area contributed by atoms with Gasteiger partial charge in [-0.3, -0.25) is 4.79 Å². The molecule has 1 saturated carbocycles. The van der Waals surface area contributed by atoms with Gasteiger partial charge in [-0.15, -0.1) is 0 Å². The van der Waals surface area contributed by atoms with Gasteiger partial charge in [0.2, 0.25) is 10.0 Å². The highest BCUT2D eigenvalue weighted by molar-refractivity contribution is 7.89. The zero-order chi connectivity index (χ0) is 21.6. The van der Waals surface area contributed by atoms with Crippen molar-refractivity contribution in [1.82, 2.24) is 9.62 Å². The Morgan fingerprint density at radius 3 is 2.30 bits per heavy atom. The van der Waals surface area contributed by atoms with Crippen LogP contribution in [0.3, 0.4) is 0 Å². The number of carbonyl (C=O) groups is 1. The Morgan fingerprint density at radius 1 is 1.03 bits per heavy atom. The van der Waals surface area contributed by atoms with E-state index in [1.807, 2.05) is 12.1 Å². The number of benzene rings is 2. The van der Waals surface area contributed by atoms with Gasteiger partial charge in [-0.2, -0.15) is 4.31 Å². The summed E-state index contributed by atoms with van der Waals surface area (Å²) in [6.07, 6.45) is 6.68. The van der Waals surface area contributed by atoms with Crippen LogP contribution >= 0.6 is 0 Å². The van der Waals surface area contributed by atoms with Crippen molar-refractivity contribution in [3.05, 3.63) is 59.7 Å². The van der Waals surface area contributed by atoms with Gasteiger partial charge in [-0.05, 0) is 67.6 Å². The lowest BCUT2D eigenvalue weighted by molar-refractivity contribution is 0.0953. The molecule has 0 aliphatic heterocycles. The maximum atomic E-state index is 12.9. The summed E-state index contributed by atoms with van der Waals surface area (Å²) in [5, 5.41) is 12.2. The minimum Gasteiger partial charge on any atom is -0.508 e. The third-order valence-corrected chi connectivity index (χ3v) is 7.67. The van der Waals surface area contributed by atoms with Crippen molar-refractivity contribution >= 4 is 15.9 Å². The molecule has 0 atom stereocenters. The second kappa shape index (κ2) is 10.1. The van der Waals surface area contributed by atoms with E-state index >= 15 is 0 Å². The number of aromatic hydroxyl groups is 1. The summed E-state index contributed by atoms with van der Waals surface area (Å²) in [4.78, 5) is 12.6. The maximum Gasteiger partial charge on any atom is 0.251 e. The summed E-state index contributed by atoms with van der Waals surface area (Å²) in [6.45, 7) is 0.518. The molecule has 1 fully saturated rings.